The molecule has 0 spiro atoms. The van der Waals surface area contributed by atoms with Crippen LogP contribution in [0.4, 0.5) is 11.5 Å². The van der Waals surface area contributed by atoms with E-state index in [1.165, 1.54) is 0 Å². The summed E-state index contributed by atoms with van der Waals surface area (Å²) in [7, 11) is 1.66. The maximum absolute atomic E-state index is 5.85. The van der Waals surface area contributed by atoms with Crippen LogP contribution in [0, 0.1) is 0 Å². The molecule has 0 bridgehead atoms. The Hall–Kier alpha value is -4.06. The molecule has 2 heterocycles. The Morgan fingerprint density at radius 1 is 0.828 bits per heavy atom. The van der Waals surface area contributed by atoms with Gasteiger partial charge >= 0.3 is 0 Å². The lowest BCUT2D eigenvalue weighted by Crippen LogP contribution is -1.96. The molecule has 142 valence electrons. The van der Waals surface area contributed by atoms with E-state index in [0.29, 0.717) is 5.82 Å². The first kappa shape index (κ1) is 17.1. The Bertz CT molecular complexity index is 1280. The first-order valence-electron chi connectivity index (χ1n) is 9.21. The van der Waals surface area contributed by atoms with E-state index in [4.69, 9.17) is 14.5 Å². The molecular formula is C23H18N4O2. The fraction of sp³-hybridized carbons (Fsp3) is 0.0435. The second kappa shape index (κ2) is 7.16. The molecule has 2 aromatic heterocycles. The number of aromatic nitrogens is 3. The van der Waals surface area contributed by atoms with E-state index in [1.54, 1.807) is 13.3 Å². The average molecular weight is 382 g/mol. The van der Waals surface area contributed by atoms with E-state index in [2.05, 4.69) is 15.5 Å². The normalized spacial score (nSPS) is 10.9. The number of benzene rings is 3. The number of anilines is 2. The summed E-state index contributed by atoms with van der Waals surface area (Å²) in [6.45, 7) is 0. The molecule has 0 radical (unpaired) electrons. The molecule has 0 aliphatic carbocycles. The number of H-pyrrole nitrogens is 1. The van der Waals surface area contributed by atoms with Crippen molar-refractivity contribution in [2.75, 3.05) is 12.4 Å². The second-order valence-corrected chi connectivity index (χ2v) is 6.57. The summed E-state index contributed by atoms with van der Waals surface area (Å²) in [6, 6.07) is 23.3. The molecule has 2 N–H and O–H groups in total. The van der Waals surface area contributed by atoms with Crippen molar-refractivity contribution in [1.29, 1.82) is 0 Å². The number of pyridine rings is 1. The Morgan fingerprint density at radius 2 is 1.59 bits per heavy atom. The molecule has 5 rings (SSSR count). The standard InChI is InChI=1S/C23H18N4O2/c1-28-18-11-12-21-19(13-18)20-14-24-27-22(20)23(26-21)25-15-7-9-17(10-8-15)29-16-5-3-2-4-6-16/h2-14H,1H3,(H,24,27)(H,25,26). The van der Waals surface area contributed by atoms with Gasteiger partial charge in [0.1, 0.15) is 22.8 Å². The molecule has 0 fully saturated rings. The van der Waals surface area contributed by atoms with E-state index in [9.17, 15) is 0 Å². The number of methoxy groups -OCH3 is 1. The maximum Gasteiger partial charge on any atom is 0.157 e. The number of hydrogen-bond acceptors (Lipinski definition) is 5. The summed E-state index contributed by atoms with van der Waals surface area (Å²) in [5.74, 6) is 3.08. The van der Waals surface area contributed by atoms with Gasteiger partial charge in [0.05, 0.1) is 18.8 Å². The average Bonchev–Trinajstić information content (AvgIpc) is 3.26. The van der Waals surface area contributed by atoms with E-state index in [0.717, 1.165) is 44.7 Å². The lowest BCUT2D eigenvalue weighted by molar-refractivity contribution is 0.415. The Balaban J connectivity index is 1.46. The summed E-state index contributed by atoms with van der Waals surface area (Å²) in [5.41, 5.74) is 2.61. The SMILES string of the molecule is COc1ccc2nc(Nc3ccc(Oc4ccccc4)cc3)c3[nH]ncc3c2c1. The molecule has 0 atom stereocenters. The minimum absolute atomic E-state index is 0.715. The first-order chi connectivity index (χ1) is 14.3. The third-order valence-corrected chi connectivity index (χ3v) is 4.70. The van der Waals surface area contributed by atoms with Crippen LogP contribution in [-0.2, 0) is 0 Å². The zero-order valence-electron chi connectivity index (χ0n) is 15.7. The molecule has 0 saturated carbocycles. The van der Waals surface area contributed by atoms with Crippen molar-refractivity contribution >= 4 is 33.3 Å². The number of para-hydroxylation sites is 1. The quantitative estimate of drug-likeness (QED) is 0.411. The van der Waals surface area contributed by atoms with Crippen molar-refractivity contribution in [1.82, 2.24) is 15.2 Å². The van der Waals surface area contributed by atoms with Gasteiger partial charge in [0.2, 0.25) is 0 Å². The van der Waals surface area contributed by atoms with Gasteiger partial charge in [-0.3, -0.25) is 5.10 Å². The molecule has 0 saturated heterocycles. The van der Waals surface area contributed by atoms with Crippen LogP contribution in [0.2, 0.25) is 0 Å². The minimum atomic E-state index is 0.715. The molecule has 6 heteroatoms. The van der Waals surface area contributed by atoms with Gasteiger partial charge in [-0.1, -0.05) is 18.2 Å². The van der Waals surface area contributed by atoms with Crippen LogP contribution in [0.5, 0.6) is 17.2 Å². The van der Waals surface area contributed by atoms with Crippen LogP contribution in [0.3, 0.4) is 0 Å². The number of hydrogen-bond donors (Lipinski definition) is 2. The van der Waals surface area contributed by atoms with Crippen LogP contribution in [0.1, 0.15) is 0 Å². The molecule has 5 aromatic rings. The zero-order valence-corrected chi connectivity index (χ0v) is 15.7. The minimum Gasteiger partial charge on any atom is -0.497 e. The Labute approximate surface area is 167 Å². The van der Waals surface area contributed by atoms with Crippen molar-refractivity contribution in [3.63, 3.8) is 0 Å². The largest absolute Gasteiger partial charge is 0.497 e. The first-order valence-corrected chi connectivity index (χ1v) is 9.21. The fourth-order valence-corrected chi connectivity index (χ4v) is 3.26. The Morgan fingerprint density at radius 3 is 2.38 bits per heavy atom. The molecule has 6 nitrogen and oxygen atoms in total. The number of fused-ring (bicyclic) bond motifs is 3. The van der Waals surface area contributed by atoms with Crippen LogP contribution in [-0.4, -0.2) is 22.3 Å². The highest BCUT2D eigenvalue weighted by atomic mass is 16.5. The van der Waals surface area contributed by atoms with Gasteiger partial charge in [-0.05, 0) is 54.6 Å². The predicted octanol–water partition coefficient (Wildman–Crippen LogP) is 5.66. The van der Waals surface area contributed by atoms with E-state index in [-0.39, 0.29) is 0 Å². The van der Waals surface area contributed by atoms with Crippen molar-refractivity contribution in [3.8, 4) is 17.2 Å². The molecule has 0 amide bonds. The molecule has 29 heavy (non-hydrogen) atoms. The third-order valence-electron chi connectivity index (χ3n) is 4.70. The highest BCUT2D eigenvalue weighted by Gasteiger charge is 2.11. The van der Waals surface area contributed by atoms with Gasteiger partial charge in [-0.15, -0.1) is 0 Å². The summed E-state index contributed by atoms with van der Waals surface area (Å²) in [5, 5.41) is 12.6. The summed E-state index contributed by atoms with van der Waals surface area (Å²) >= 11 is 0. The van der Waals surface area contributed by atoms with Crippen molar-refractivity contribution < 1.29 is 9.47 Å². The van der Waals surface area contributed by atoms with Crippen molar-refractivity contribution in [2.24, 2.45) is 0 Å². The number of ether oxygens (including phenoxy) is 2. The van der Waals surface area contributed by atoms with E-state index >= 15 is 0 Å². The summed E-state index contributed by atoms with van der Waals surface area (Å²) in [4.78, 5) is 4.77. The number of aromatic amines is 1. The highest BCUT2D eigenvalue weighted by molar-refractivity contribution is 6.09. The van der Waals surface area contributed by atoms with Crippen molar-refractivity contribution in [2.45, 2.75) is 0 Å². The van der Waals surface area contributed by atoms with Crippen LogP contribution in [0.15, 0.2) is 79.0 Å². The Kier molecular flexibility index (Phi) is 4.22. The highest BCUT2D eigenvalue weighted by Crippen LogP contribution is 2.32. The number of rotatable bonds is 5. The van der Waals surface area contributed by atoms with Gasteiger partial charge in [-0.25, -0.2) is 4.98 Å². The monoisotopic (exact) mass is 382 g/mol. The van der Waals surface area contributed by atoms with Gasteiger partial charge < -0.3 is 14.8 Å². The summed E-state index contributed by atoms with van der Waals surface area (Å²) < 4.78 is 11.2. The molecule has 0 aliphatic heterocycles. The lowest BCUT2D eigenvalue weighted by Gasteiger charge is -2.11. The lowest BCUT2D eigenvalue weighted by atomic mass is 10.1. The van der Waals surface area contributed by atoms with Crippen LogP contribution in [0.25, 0.3) is 21.8 Å². The molecular weight excluding hydrogens is 364 g/mol. The van der Waals surface area contributed by atoms with E-state index in [1.807, 2.05) is 72.8 Å². The third kappa shape index (κ3) is 3.32. The van der Waals surface area contributed by atoms with E-state index < -0.39 is 0 Å². The van der Waals surface area contributed by atoms with Gasteiger partial charge in [-0.2, -0.15) is 5.10 Å². The summed E-state index contributed by atoms with van der Waals surface area (Å²) in [6.07, 6.45) is 1.81. The second-order valence-electron chi connectivity index (χ2n) is 6.57. The van der Waals surface area contributed by atoms with Gasteiger partial charge in [0.15, 0.2) is 5.82 Å². The van der Waals surface area contributed by atoms with Gasteiger partial charge in [0.25, 0.3) is 0 Å². The smallest absolute Gasteiger partial charge is 0.157 e. The molecule has 3 aromatic carbocycles. The number of nitrogens with zero attached hydrogens (tertiary/aromatic N) is 2. The topological polar surface area (TPSA) is 72.1 Å². The predicted molar refractivity (Wildman–Crippen MR) is 114 cm³/mol. The molecule has 0 unspecified atom stereocenters. The van der Waals surface area contributed by atoms with Crippen molar-refractivity contribution in [3.05, 3.63) is 79.0 Å². The zero-order chi connectivity index (χ0) is 19.6. The number of nitrogens with one attached hydrogen (secondary N) is 2. The van der Waals surface area contributed by atoms with Gasteiger partial charge in [0, 0.05) is 16.5 Å². The maximum atomic E-state index is 5.85. The molecule has 0 aliphatic rings. The van der Waals surface area contributed by atoms with Crippen LogP contribution < -0.4 is 14.8 Å². The van der Waals surface area contributed by atoms with Crippen LogP contribution >= 0.6 is 0 Å². The fourth-order valence-electron chi connectivity index (χ4n) is 3.26.